The van der Waals surface area contributed by atoms with Gasteiger partial charge in [-0.25, -0.2) is 0 Å². The summed E-state index contributed by atoms with van der Waals surface area (Å²) in [5, 5.41) is 0. The second-order valence-corrected chi connectivity index (χ2v) is 5.91. The molecule has 0 atom stereocenters. The summed E-state index contributed by atoms with van der Waals surface area (Å²) in [4.78, 5) is 27.9. The number of ether oxygens (including phenoxy) is 2. The number of nitrogens with one attached hydrogen (secondary N) is 2. The van der Waals surface area contributed by atoms with Crippen molar-refractivity contribution in [3.05, 3.63) is 53.9 Å². The third-order valence-electron chi connectivity index (χ3n) is 3.19. The number of hydrogen-bond donors (Lipinski definition) is 2. The molecule has 0 aliphatic rings. The van der Waals surface area contributed by atoms with E-state index in [1.807, 2.05) is 12.1 Å². The number of hydrogen-bond acceptors (Lipinski definition) is 6. The van der Waals surface area contributed by atoms with Crippen LogP contribution in [0.3, 0.4) is 0 Å². The number of rotatable bonds is 7. The van der Waals surface area contributed by atoms with Gasteiger partial charge in [-0.1, -0.05) is 6.07 Å². The van der Waals surface area contributed by atoms with Crippen LogP contribution < -0.4 is 20.3 Å². The minimum Gasteiger partial charge on any atom is -0.493 e. The number of thioether (sulfide) groups is 1. The lowest BCUT2D eigenvalue weighted by molar-refractivity contribution is -0.119. The maximum absolute atomic E-state index is 12.1. The van der Waals surface area contributed by atoms with Crippen LogP contribution in [0.25, 0.3) is 0 Å². The summed E-state index contributed by atoms with van der Waals surface area (Å²) in [6.07, 6.45) is 3.45. The van der Waals surface area contributed by atoms with Crippen LogP contribution in [0.15, 0.2) is 42.7 Å². The van der Waals surface area contributed by atoms with Crippen molar-refractivity contribution in [1.29, 1.82) is 0 Å². The number of carbonyl (C=O) groups excluding carboxylic acids is 2. The summed E-state index contributed by atoms with van der Waals surface area (Å²) in [6, 6.07) is 8.53. The highest BCUT2D eigenvalue weighted by atomic mass is 32.2. The molecule has 0 aliphatic carbocycles. The summed E-state index contributed by atoms with van der Waals surface area (Å²) in [7, 11) is 3.00. The van der Waals surface area contributed by atoms with Gasteiger partial charge in [0, 0.05) is 23.7 Å². The van der Waals surface area contributed by atoms with E-state index in [4.69, 9.17) is 9.47 Å². The van der Waals surface area contributed by atoms with E-state index in [0.717, 1.165) is 5.56 Å². The van der Waals surface area contributed by atoms with Crippen molar-refractivity contribution in [3.63, 3.8) is 0 Å². The SMILES string of the molecule is COc1ccc(C(=O)NNC(=O)CSCc2cccnc2)cc1OC. The van der Waals surface area contributed by atoms with E-state index in [9.17, 15) is 9.59 Å². The van der Waals surface area contributed by atoms with Crippen LogP contribution in [-0.2, 0) is 10.5 Å². The number of amides is 2. The Hall–Kier alpha value is -2.74. The number of carbonyl (C=O) groups is 2. The molecule has 0 saturated carbocycles. The number of aromatic nitrogens is 1. The van der Waals surface area contributed by atoms with E-state index in [2.05, 4.69) is 15.8 Å². The third-order valence-corrected chi connectivity index (χ3v) is 4.19. The van der Waals surface area contributed by atoms with Gasteiger partial charge >= 0.3 is 0 Å². The van der Waals surface area contributed by atoms with Crippen molar-refractivity contribution in [2.24, 2.45) is 0 Å². The maximum Gasteiger partial charge on any atom is 0.269 e. The molecule has 2 N–H and O–H groups in total. The predicted octanol–water partition coefficient (Wildman–Crippen LogP) is 1.79. The minimum absolute atomic E-state index is 0.223. The number of hydrazine groups is 1. The van der Waals surface area contributed by atoms with Crippen LogP contribution in [-0.4, -0.2) is 36.8 Å². The average Bonchev–Trinajstić information content (AvgIpc) is 2.66. The summed E-state index contributed by atoms with van der Waals surface area (Å²) in [6.45, 7) is 0. The Labute approximate surface area is 150 Å². The standard InChI is InChI=1S/C17H19N3O4S/c1-23-14-6-5-13(8-15(14)24-2)17(22)20-19-16(21)11-25-10-12-4-3-7-18-9-12/h3-9H,10-11H2,1-2H3,(H,19,21)(H,20,22). The molecule has 0 saturated heterocycles. The molecule has 2 amide bonds. The average molecular weight is 361 g/mol. The summed E-state index contributed by atoms with van der Waals surface area (Å²) in [5.41, 5.74) is 6.15. The van der Waals surface area contributed by atoms with Crippen LogP contribution in [0.5, 0.6) is 11.5 Å². The zero-order valence-electron chi connectivity index (χ0n) is 13.9. The normalized spacial score (nSPS) is 10.0. The number of pyridine rings is 1. The lowest BCUT2D eigenvalue weighted by Crippen LogP contribution is -2.42. The van der Waals surface area contributed by atoms with Crippen molar-refractivity contribution < 1.29 is 19.1 Å². The molecule has 2 aromatic rings. The number of methoxy groups -OCH3 is 2. The molecule has 25 heavy (non-hydrogen) atoms. The molecule has 2 rings (SSSR count). The second kappa shape index (κ2) is 9.53. The van der Waals surface area contributed by atoms with Gasteiger partial charge in [0.1, 0.15) is 0 Å². The lowest BCUT2D eigenvalue weighted by Gasteiger charge is -2.10. The van der Waals surface area contributed by atoms with E-state index < -0.39 is 5.91 Å². The van der Waals surface area contributed by atoms with Crippen LogP contribution >= 0.6 is 11.8 Å². The number of benzene rings is 1. The Balaban J connectivity index is 1.78. The van der Waals surface area contributed by atoms with Gasteiger partial charge in [0.15, 0.2) is 11.5 Å². The number of nitrogens with zero attached hydrogens (tertiary/aromatic N) is 1. The molecule has 132 valence electrons. The molecule has 1 aromatic carbocycles. The molecule has 0 fully saturated rings. The van der Waals surface area contributed by atoms with Gasteiger partial charge in [0.25, 0.3) is 5.91 Å². The van der Waals surface area contributed by atoms with Crippen molar-refractivity contribution in [3.8, 4) is 11.5 Å². The molecule has 8 heteroatoms. The first-order valence-electron chi connectivity index (χ1n) is 7.42. The highest BCUT2D eigenvalue weighted by Gasteiger charge is 2.11. The molecular weight excluding hydrogens is 342 g/mol. The smallest absolute Gasteiger partial charge is 0.269 e. The molecular formula is C17H19N3O4S. The Bertz CT molecular complexity index is 725. The Kier molecular flexibility index (Phi) is 7.09. The fraction of sp³-hybridized carbons (Fsp3) is 0.235. The zero-order chi connectivity index (χ0) is 18.1. The van der Waals surface area contributed by atoms with Crippen LogP contribution in [0.1, 0.15) is 15.9 Å². The van der Waals surface area contributed by atoms with Gasteiger partial charge in [-0.3, -0.25) is 25.4 Å². The molecule has 0 unspecified atom stereocenters. The summed E-state index contributed by atoms with van der Waals surface area (Å²) < 4.78 is 10.3. The Morgan fingerprint density at radius 3 is 2.60 bits per heavy atom. The summed E-state index contributed by atoms with van der Waals surface area (Å²) >= 11 is 1.43. The van der Waals surface area contributed by atoms with Gasteiger partial charge in [-0.2, -0.15) is 0 Å². The Morgan fingerprint density at radius 2 is 1.92 bits per heavy atom. The molecule has 1 aromatic heterocycles. The van der Waals surface area contributed by atoms with Crippen LogP contribution in [0.4, 0.5) is 0 Å². The van der Waals surface area contributed by atoms with E-state index >= 15 is 0 Å². The third kappa shape index (κ3) is 5.68. The van der Waals surface area contributed by atoms with Gasteiger partial charge in [0.05, 0.1) is 20.0 Å². The highest BCUT2D eigenvalue weighted by molar-refractivity contribution is 7.99. The Morgan fingerprint density at radius 1 is 1.12 bits per heavy atom. The van der Waals surface area contributed by atoms with Crippen molar-refractivity contribution in [1.82, 2.24) is 15.8 Å². The lowest BCUT2D eigenvalue weighted by atomic mass is 10.2. The quantitative estimate of drug-likeness (QED) is 0.731. The van der Waals surface area contributed by atoms with Gasteiger partial charge < -0.3 is 9.47 Å². The van der Waals surface area contributed by atoms with E-state index in [-0.39, 0.29) is 11.7 Å². The molecule has 1 heterocycles. The molecule has 0 radical (unpaired) electrons. The monoisotopic (exact) mass is 361 g/mol. The van der Waals surface area contributed by atoms with Gasteiger partial charge in [-0.15, -0.1) is 11.8 Å². The molecule has 0 aliphatic heterocycles. The largest absolute Gasteiger partial charge is 0.493 e. The van der Waals surface area contributed by atoms with Crippen LogP contribution in [0, 0.1) is 0 Å². The van der Waals surface area contributed by atoms with Crippen molar-refractivity contribution >= 4 is 23.6 Å². The highest BCUT2D eigenvalue weighted by Crippen LogP contribution is 2.27. The fourth-order valence-electron chi connectivity index (χ4n) is 1.96. The predicted molar refractivity (Wildman–Crippen MR) is 95.6 cm³/mol. The first kappa shape index (κ1) is 18.6. The maximum atomic E-state index is 12.1. The molecule has 7 nitrogen and oxygen atoms in total. The van der Waals surface area contributed by atoms with Crippen molar-refractivity contribution in [2.45, 2.75) is 5.75 Å². The van der Waals surface area contributed by atoms with E-state index in [0.29, 0.717) is 22.8 Å². The summed E-state index contributed by atoms with van der Waals surface area (Å²) in [5.74, 6) is 1.13. The fourth-order valence-corrected chi connectivity index (χ4v) is 2.72. The van der Waals surface area contributed by atoms with E-state index in [1.165, 1.54) is 32.0 Å². The van der Waals surface area contributed by atoms with Crippen molar-refractivity contribution in [2.75, 3.05) is 20.0 Å². The molecule has 0 spiro atoms. The molecule has 0 bridgehead atoms. The van der Waals surface area contributed by atoms with Gasteiger partial charge in [0.2, 0.25) is 5.91 Å². The first-order chi connectivity index (χ1) is 12.1. The van der Waals surface area contributed by atoms with E-state index in [1.54, 1.807) is 24.5 Å². The topological polar surface area (TPSA) is 89.6 Å². The minimum atomic E-state index is -0.438. The second-order valence-electron chi connectivity index (χ2n) is 4.93. The first-order valence-corrected chi connectivity index (χ1v) is 8.57. The van der Waals surface area contributed by atoms with Gasteiger partial charge in [-0.05, 0) is 29.8 Å². The van der Waals surface area contributed by atoms with Crippen LogP contribution in [0.2, 0.25) is 0 Å². The zero-order valence-corrected chi connectivity index (χ0v) is 14.8.